The Morgan fingerprint density at radius 1 is 1.11 bits per heavy atom. The average Bonchev–Trinajstić information content (AvgIpc) is 2.81. The molecule has 0 aliphatic carbocycles. The zero-order chi connectivity index (χ0) is 12.5. The molecular weight excluding hydrogens is 226 g/mol. The number of nitrogens with zero attached hydrogens (tertiary/aromatic N) is 4. The van der Waals surface area contributed by atoms with E-state index in [4.69, 9.17) is 5.73 Å². The third-order valence-corrected chi connectivity index (χ3v) is 2.93. The van der Waals surface area contributed by atoms with Crippen LogP contribution in [0.4, 0.5) is 0 Å². The van der Waals surface area contributed by atoms with Crippen molar-refractivity contribution in [3.63, 3.8) is 0 Å². The topological polar surface area (TPSA) is 69.1 Å². The summed E-state index contributed by atoms with van der Waals surface area (Å²) in [6.45, 7) is 2.39. The Labute approximate surface area is 104 Å². The second kappa shape index (κ2) is 4.19. The first-order valence-electron chi connectivity index (χ1n) is 5.77. The number of fused-ring (bicyclic) bond motifs is 1. The zero-order valence-corrected chi connectivity index (χ0v) is 10.0. The van der Waals surface area contributed by atoms with E-state index in [9.17, 15) is 0 Å². The van der Waals surface area contributed by atoms with Gasteiger partial charge in [0.25, 0.3) is 0 Å². The molecule has 3 rings (SSSR count). The van der Waals surface area contributed by atoms with Crippen LogP contribution in [0.1, 0.15) is 11.4 Å². The molecule has 0 radical (unpaired) electrons. The van der Waals surface area contributed by atoms with Gasteiger partial charge in [0.15, 0.2) is 11.5 Å². The van der Waals surface area contributed by atoms with Gasteiger partial charge in [-0.15, -0.1) is 10.2 Å². The van der Waals surface area contributed by atoms with Crippen molar-refractivity contribution in [2.24, 2.45) is 5.73 Å². The van der Waals surface area contributed by atoms with Crippen molar-refractivity contribution < 1.29 is 0 Å². The molecule has 0 fully saturated rings. The van der Waals surface area contributed by atoms with Crippen molar-refractivity contribution in [1.29, 1.82) is 0 Å². The molecule has 0 atom stereocenters. The van der Waals surface area contributed by atoms with Crippen LogP contribution in [0.15, 0.2) is 36.4 Å². The highest BCUT2D eigenvalue weighted by Crippen LogP contribution is 2.21. The maximum atomic E-state index is 5.62. The first kappa shape index (κ1) is 10.9. The van der Waals surface area contributed by atoms with Crippen molar-refractivity contribution in [2.45, 2.75) is 13.5 Å². The summed E-state index contributed by atoms with van der Waals surface area (Å²) in [4.78, 5) is 0. The summed E-state index contributed by atoms with van der Waals surface area (Å²) in [7, 11) is 0. The maximum absolute atomic E-state index is 5.62. The van der Waals surface area contributed by atoms with E-state index in [-0.39, 0.29) is 0 Å². The largest absolute Gasteiger partial charge is 0.324 e. The molecule has 0 amide bonds. The highest BCUT2D eigenvalue weighted by molar-refractivity contribution is 5.63. The molecule has 0 aliphatic rings. The van der Waals surface area contributed by atoms with Crippen LogP contribution in [0.2, 0.25) is 0 Å². The highest BCUT2D eigenvalue weighted by atomic mass is 15.4. The lowest BCUT2D eigenvalue weighted by Crippen LogP contribution is -2.05. The van der Waals surface area contributed by atoms with Gasteiger partial charge in [0.05, 0.1) is 12.2 Å². The van der Waals surface area contributed by atoms with Gasteiger partial charge < -0.3 is 5.73 Å². The minimum absolute atomic E-state index is 0.325. The molecule has 18 heavy (non-hydrogen) atoms. The van der Waals surface area contributed by atoms with E-state index in [1.54, 1.807) is 4.52 Å². The Balaban J connectivity index is 2.21. The Hall–Kier alpha value is -2.27. The number of rotatable bonds is 2. The summed E-state index contributed by atoms with van der Waals surface area (Å²) in [5.74, 6) is 0.667. The number of hydrogen-bond donors (Lipinski definition) is 1. The molecule has 0 aliphatic heterocycles. The fourth-order valence-electron chi connectivity index (χ4n) is 1.96. The van der Waals surface area contributed by atoms with Crippen LogP contribution >= 0.6 is 0 Å². The first-order chi connectivity index (χ1) is 8.79. The number of nitrogens with two attached hydrogens (primary N) is 1. The van der Waals surface area contributed by atoms with Crippen molar-refractivity contribution in [3.05, 3.63) is 47.8 Å². The van der Waals surface area contributed by atoms with E-state index in [0.29, 0.717) is 18.0 Å². The van der Waals surface area contributed by atoms with E-state index in [0.717, 1.165) is 11.3 Å². The van der Waals surface area contributed by atoms with Crippen LogP contribution in [-0.4, -0.2) is 19.8 Å². The normalized spacial score (nSPS) is 11.0. The predicted octanol–water partition coefficient (Wildman–Crippen LogP) is 1.56. The van der Waals surface area contributed by atoms with E-state index in [1.165, 1.54) is 5.56 Å². The third-order valence-electron chi connectivity index (χ3n) is 2.93. The minimum Gasteiger partial charge on any atom is -0.324 e. The number of hydrogen-bond acceptors (Lipinski definition) is 4. The highest BCUT2D eigenvalue weighted by Gasteiger charge is 2.08. The van der Waals surface area contributed by atoms with E-state index < -0.39 is 0 Å². The zero-order valence-electron chi connectivity index (χ0n) is 10.0. The summed E-state index contributed by atoms with van der Waals surface area (Å²) in [6, 6.07) is 12.0. The summed E-state index contributed by atoms with van der Waals surface area (Å²) >= 11 is 0. The van der Waals surface area contributed by atoms with E-state index in [1.807, 2.05) is 24.3 Å². The lowest BCUT2D eigenvalue weighted by Gasteiger charge is -2.05. The summed E-state index contributed by atoms with van der Waals surface area (Å²) in [5.41, 5.74) is 9.52. The average molecular weight is 239 g/mol. The lowest BCUT2D eigenvalue weighted by molar-refractivity contribution is 0.811. The lowest BCUT2D eigenvalue weighted by atomic mass is 10.1. The molecule has 0 saturated heterocycles. The molecule has 5 nitrogen and oxygen atoms in total. The van der Waals surface area contributed by atoms with Crippen LogP contribution in [-0.2, 0) is 6.54 Å². The summed E-state index contributed by atoms with van der Waals surface area (Å²) in [6.07, 6.45) is 0. The van der Waals surface area contributed by atoms with E-state index in [2.05, 4.69) is 34.4 Å². The van der Waals surface area contributed by atoms with Crippen molar-refractivity contribution in [2.75, 3.05) is 0 Å². The van der Waals surface area contributed by atoms with Gasteiger partial charge in [-0.1, -0.05) is 24.3 Å². The Bertz CT molecular complexity index is 701. The molecule has 3 aromatic rings. The molecule has 0 spiro atoms. The molecule has 1 aromatic carbocycles. The van der Waals surface area contributed by atoms with Gasteiger partial charge in [0.2, 0.25) is 0 Å². The molecule has 0 saturated carbocycles. The number of aromatic nitrogens is 4. The van der Waals surface area contributed by atoms with Gasteiger partial charge in [-0.25, -0.2) is 0 Å². The Kier molecular flexibility index (Phi) is 2.53. The van der Waals surface area contributed by atoms with Gasteiger partial charge in [-0.3, -0.25) is 0 Å². The number of benzene rings is 1. The van der Waals surface area contributed by atoms with E-state index >= 15 is 0 Å². The summed E-state index contributed by atoms with van der Waals surface area (Å²) < 4.78 is 1.70. The Morgan fingerprint density at radius 2 is 1.94 bits per heavy atom. The monoisotopic (exact) mass is 239 g/mol. The van der Waals surface area contributed by atoms with Crippen molar-refractivity contribution in [1.82, 2.24) is 19.8 Å². The van der Waals surface area contributed by atoms with Crippen LogP contribution in [0.3, 0.4) is 0 Å². The number of aryl methyl sites for hydroxylation is 1. The molecule has 2 heterocycles. The van der Waals surface area contributed by atoms with Gasteiger partial charge in [0.1, 0.15) is 0 Å². The maximum Gasteiger partial charge on any atom is 0.177 e. The molecule has 0 bridgehead atoms. The van der Waals surface area contributed by atoms with Gasteiger partial charge in [0, 0.05) is 5.56 Å². The molecular formula is C13H13N5. The second-order valence-corrected chi connectivity index (χ2v) is 4.12. The summed E-state index contributed by atoms with van der Waals surface area (Å²) in [5, 5.41) is 12.6. The Morgan fingerprint density at radius 3 is 2.72 bits per heavy atom. The fourth-order valence-corrected chi connectivity index (χ4v) is 1.96. The van der Waals surface area contributed by atoms with Gasteiger partial charge in [-0.05, 0) is 24.6 Å². The minimum atomic E-state index is 0.325. The second-order valence-electron chi connectivity index (χ2n) is 4.12. The molecule has 90 valence electrons. The smallest absolute Gasteiger partial charge is 0.177 e. The van der Waals surface area contributed by atoms with Crippen LogP contribution < -0.4 is 5.73 Å². The molecule has 5 heteroatoms. The van der Waals surface area contributed by atoms with Crippen LogP contribution in [0.5, 0.6) is 0 Å². The quantitative estimate of drug-likeness (QED) is 0.736. The fraction of sp³-hybridized carbons (Fsp3) is 0.154. The van der Waals surface area contributed by atoms with Gasteiger partial charge >= 0.3 is 0 Å². The van der Waals surface area contributed by atoms with Crippen LogP contribution in [0.25, 0.3) is 16.9 Å². The SMILES string of the molecule is Cc1ccccc1-c1ccc2nnc(CN)n2n1. The standard InChI is InChI=1S/C13H13N5/c1-9-4-2-3-5-10(9)11-6-7-12-15-16-13(8-14)18(12)17-11/h2-7H,8,14H2,1H3. The predicted molar refractivity (Wildman–Crippen MR) is 68.8 cm³/mol. The first-order valence-corrected chi connectivity index (χ1v) is 5.77. The van der Waals surface area contributed by atoms with Crippen molar-refractivity contribution in [3.8, 4) is 11.3 Å². The van der Waals surface area contributed by atoms with Crippen LogP contribution in [0, 0.1) is 6.92 Å². The van der Waals surface area contributed by atoms with Crippen molar-refractivity contribution >= 4 is 5.65 Å². The molecule has 2 N–H and O–H groups in total. The van der Waals surface area contributed by atoms with Gasteiger partial charge in [-0.2, -0.15) is 9.61 Å². The molecule has 0 unspecified atom stereocenters. The third kappa shape index (κ3) is 1.65. The molecule has 2 aromatic heterocycles.